The second-order valence-corrected chi connectivity index (χ2v) is 4.80. The Morgan fingerprint density at radius 2 is 2.12 bits per heavy atom. The third-order valence-electron chi connectivity index (χ3n) is 2.44. The molecule has 1 atom stereocenters. The quantitative estimate of drug-likeness (QED) is 0.899. The standard InChI is InChI=1S/C13H15N3S/c1-2-11(14)12-7-6-10(9-16-12)17-13-5-3-4-8-15-13/h3-9,11H,2,14H2,1H3/t11-/m0/s1. The topological polar surface area (TPSA) is 51.8 Å². The molecule has 88 valence electrons. The van der Waals surface area contributed by atoms with Gasteiger partial charge in [-0.1, -0.05) is 24.8 Å². The van der Waals surface area contributed by atoms with Crippen molar-refractivity contribution >= 4 is 11.8 Å². The number of hydrogen-bond acceptors (Lipinski definition) is 4. The minimum absolute atomic E-state index is 0.0314. The Balaban J connectivity index is 2.08. The molecule has 0 bridgehead atoms. The molecule has 3 nitrogen and oxygen atoms in total. The molecule has 0 fully saturated rings. The Kier molecular flexibility index (Phi) is 4.12. The van der Waals surface area contributed by atoms with Crippen LogP contribution in [0.25, 0.3) is 0 Å². The van der Waals surface area contributed by atoms with E-state index in [0.29, 0.717) is 0 Å². The zero-order valence-corrected chi connectivity index (χ0v) is 10.5. The normalized spacial score (nSPS) is 12.4. The molecule has 0 aromatic carbocycles. The fraction of sp³-hybridized carbons (Fsp3) is 0.231. The van der Waals surface area contributed by atoms with Gasteiger partial charge in [0.05, 0.1) is 5.69 Å². The van der Waals surface area contributed by atoms with E-state index in [4.69, 9.17) is 5.73 Å². The van der Waals surface area contributed by atoms with Gasteiger partial charge in [0.25, 0.3) is 0 Å². The number of aromatic nitrogens is 2. The van der Waals surface area contributed by atoms with Crippen LogP contribution in [-0.4, -0.2) is 9.97 Å². The van der Waals surface area contributed by atoms with Crippen molar-refractivity contribution in [3.8, 4) is 0 Å². The van der Waals surface area contributed by atoms with Crippen molar-refractivity contribution in [3.63, 3.8) is 0 Å². The molecule has 0 aliphatic heterocycles. The van der Waals surface area contributed by atoms with Crippen LogP contribution in [0.1, 0.15) is 25.1 Å². The lowest BCUT2D eigenvalue weighted by atomic mass is 10.1. The highest BCUT2D eigenvalue weighted by molar-refractivity contribution is 7.99. The van der Waals surface area contributed by atoms with E-state index >= 15 is 0 Å². The predicted molar refractivity (Wildman–Crippen MR) is 69.8 cm³/mol. The molecular formula is C13H15N3S. The lowest BCUT2D eigenvalue weighted by Gasteiger charge is -2.08. The van der Waals surface area contributed by atoms with Crippen LogP contribution in [0.2, 0.25) is 0 Å². The molecular weight excluding hydrogens is 230 g/mol. The summed E-state index contributed by atoms with van der Waals surface area (Å²) in [7, 11) is 0. The van der Waals surface area contributed by atoms with Gasteiger partial charge in [-0.15, -0.1) is 0 Å². The van der Waals surface area contributed by atoms with Crippen molar-refractivity contribution in [1.82, 2.24) is 9.97 Å². The average molecular weight is 245 g/mol. The van der Waals surface area contributed by atoms with Gasteiger partial charge < -0.3 is 5.73 Å². The van der Waals surface area contributed by atoms with Crippen molar-refractivity contribution in [1.29, 1.82) is 0 Å². The van der Waals surface area contributed by atoms with Crippen LogP contribution in [0.5, 0.6) is 0 Å². The van der Waals surface area contributed by atoms with E-state index in [9.17, 15) is 0 Å². The SMILES string of the molecule is CC[C@H](N)c1ccc(Sc2ccccn2)cn1. The van der Waals surface area contributed by atoms with Gasteiger partial charge in [0.1, 0.15) is 5.03 Å². The molecule has 2 N–H and O–H groups in total. The Bertz CT molecular complexity index is 456. The molecule has 0 spiro atoms. The summed E-state index contributed by atoms with van der Waals surface area (Å²) < 4.78 is 0. The van der Waals surface area contributed by atoms with Crippen LogP contribution >= 0.6 is 11.8 Å². The zero-order valence-electron chi connectivity index (χ0n) is 9.71. The summed E-state index contributed by atoms with van der Waals surface area (Å²) in [6.07, 6.45) is 4.54. The molecule has 2 aromatic heterocycles. The van der Waals surface area contributed by atoms with Gasteiger partial charge in [0, 0.05) is 23.3 Å². The fourth-order valence-corrected chi connectivity index (χ4v) is 2.15. The highest BCUT2D eigenvalue weighted by atomic mass is 32.2. The number of nitrogens with two attached hydrogens (primary N) is 1. The summed E-state index contributed by atoms with van der Waals surface area (Å²) in [6, 6.07) is 9.92. The summed E-state index contributed by atoms with van der Waals surface area (Å²) in [5, 5.41) is 0.974. The highest BCUT2D eigenvalue weighted by Crippen LogP contribution is 2.25. The molecule has 0 radical (unpaired) electrons. The predicted octanol–water partition coefficient (Wildman–Crippen LogP) is 3.04. The minimum atomic E-state index is 0.0314. The lowest BCUT2D eigenvalue weighted by molar-refractivity contribution is 0.674. The van der Waals surface area contributed by atoms with Crippen LogP contribution in [0.3, 0.4) is 0 Å². The first-order valence-corrected chi connectivity index (χ1v) is 6.41. The highest BCUT2D eigenvalue weighted by Gasteiger charge is 2.05. The molecule has 0 amide bonds. The zero-order chi connectivity index (χ0) is 12.1. The van der Waals surface area contributed by atoms with Gasteiger partial charge in [-0.3, -0.25) is 4.98 Å². The number of hydrogen-bond donors (Lipinski definition) is 1. The summed E-state index contributed by atoms with van der Waals surface area (Å²) in [6.45, 7) is 2.06. The van der Waals surface area contributed by atoms with E-state index in [2.05, 4.69) is 16.9 Å². The summed E-state index contributed by atoms with van der Waals surface area (Å²) in [5.74, 6) is 0. The third-order valence-corrected chi connectivity index (χ3v) is 3.37. The molecule has 17 heavy (non-hydrogen) atoms. The molecule has 2 heterocycles. The van der Waals surface area contributed by atoms with Crippen molar-refractivity contribution in [2.75, 3.05) is 0 Å². The van der Waals surface area contributed by atoms with Crippen molar-refractivity contribution < 1.29 is 0 Å². The largest absolute Gasteiger partial charge is 0.323 e. The van der Waals surface area contributed by atoms with Crippen LogP contribution in [0.4, 0.5) is 0 Å². The molecule has 2 aromatic rings. The van der Waals surface area contributed by atoms with Crippen LogP contribution in [0.15, 0.2) is 52.6 Å². The fourth-order valence-electron chi connectivity index (χ4n) is 1.41. The van der Waals surface area contributed by atoms with E-state index in [1.807, 2.05) is 36.5 Å². The van der Waals surface area contributed by atoms with Crippen molar-refractivity contribution in [3.05, 3.63) is 48.4 Å². The molecule has 0 saturated carbocycles. The van der Waals surface area contributed by atoms with E-state index in [-0.39, 0.29) is 6.04 Å². The molecule has 4 heteroatoms. The summed E-state index contributed by atoms with van der Waals surface area (Å²) in [5.41, 5.74) is 6.86. The van der Waals surface area contributed by atoms with Gasteiger partial charge in [-0.25, -0.2) is 4.98 Å². The van der Waals surface area contributed by atoms with Gasteiger partial charge in [-0.2, -0.15) is 0 Å². The third kappa shape index (κ3) is 3.28. The van der Waals surface area contributed by atoms with Crippen LogP contribution in [-0.2, 0) is 0 Å². The smallest absolute Gasteiger partial charge is 0.101 e. The van der Waals surface area contributed by atoms with Crippen molar-refractivity contribution in [2.45, 2.75) is 29.3 Å². The Labute approximate surface area is 105 Å². The average Bonchev–Trinajstić information content (AvgIpc) is 2.40. The first kappa shape index (κ1) is 12.1. The van der Waals surface area contributed by atoms with Gasteiger partial charge in [-0.05, 0) is 30.7 Å². The monoisotopic (exact) mass is 245 g/mol. The van der Waals surface area contributed by atoms with Crippen LogP contribution in [0, 0.1) is 0 Å². The van der Waals surface area contributed by atoms with Gasteiger partial charge in [0.15, 0.2) is 0 Å². The van der Waals surface area contributed by atoms with E-state index in [1.54, 1.807) is 18.0 Å². The Morgan fingerprint density at radius 1 is 1.24 bits per heavy atom. The van der Waals surface area contributed by atoms with Gasteiger partial charge in [0.2, 0.25) is 0 Å². The minimum Gasteiger partial charge on any atom is -0.323 e. The molecule has 0 aliphatic rings. The lowest BCUT2D eigenvalue weighted by Crippen LogP contribution is -2.10. The van der Waals surface area contributed by atoms with E-state index in [0.717, 1.165) is 22.0 Å². The maximum atomic E-state index is 5.92. The first-order chi connectivity index (χ1) is 8.29. The number of nitrogens with zero attached hydrogens (tertiary/aromatic N) is 2. The van der Waals surface area contributed by atoms with Crippen molar-refractivity contribution in [2.24, 2.45) is 5.73 Å². The molecule has 0 unspecified atom stereocenters. The first-order valence-electron chi connectivity index (χ1n) is 5.60. The second-order valence-electron chi connectivity index (χ2n) is 3.70. The van der Waals surface area contributed by atoms with E-state index in [1.165, 1.54) is 0 Å². The second kappa shape index (κ2) is 5.80. The molecule has 2 rings (SSSR count). The maximum Gasteiger partial charge on any atom is 0.101 e. The molecule has 0 saturated heterocycles. The summed E-state index contributed by atoms with van der Waals surface area (Å²) in [4.78, 5) is 9.71. The maximum absolute atomic E-state index is 5.92. The Hall–Kier alpha value is -1.39. The summed E-state index contributed by atoms with van der Waals surface area (Å²) >= 11 is 1.60. The number of rotatable bonds is 4. The Morgan fingerprint density at radius 3 is 2.71 bits per heavy atom. The number of pyridine rings is 2. The van der Waals surface area contributed by atoms with Crippen LogP contribution < -0.4 is 5.73 Å². The molecule has 0 aliphatic carbocycles. The van der Waals surface area contributed by atoms with E-state index < -0.39 is 0 Å². The van der Waals surface area contributed by atoms with Gasteiger partial charge >= 0.3 is 0 Å².